The van der Waals surface area contributed by atoms with E-state index >= 15 is 0 Å². The molecule has 102 valence electrons. The van der Waals surface area contributed by atoms with E-state index in [1.807, 2.05) is 6.92 Å². The van der Waals surface area contributed by atoms with Gasteiger partial charge in [-0.25, -0.2) is 0 Å². The highest BCUT2D eigenvalue weighted by atomic mass is 16.1. The standard InChI is InChI=1S/C13H29N3O/c1-10(2)16(11(3)4)7-6-15-13(17)8-12(5)9-14/h10-12H,6-9,14H2,1-5H3,(H,15,17). The molecule has 0 aromatic rings. The monoisotopic (exact) mass is 243 g/mol. The molecule has 0 aromatic heterocycles. The number of hydrogen-bond donors (Lipinski definition) is 2. The van der Waals surface area contributed by atoms with Crippen LogP contribution in [0.5, 0.6) is 0 Å². The first kappa shape index (κ1) is 16.4. The third-order valence-electron chi connectivity index (χ3n) is 2.95. The van der Waals surface area contributed by atoms with E-state index in [0.717, 1.165) is 6.54 Å². The van der Waals surface area contributed by atoms with Crippen LogP contribution in [0.1, 0.15) is 41.0 Å². The zero-order valence-electron chi connectivity index (χ0n) is 12.0. The molecule has 0 heterocycles. The molecule has 0 aromatic carbocycles. The predicted molar refractivity (Wildman–Crippen MR) is 72.8 cm³/mol. The maximum atomic E-state index is 11.5. The minimum Gasteiger partial charge on any atom is -0.355 e. The normalized spacial score (nSPS) is 13.5. The lowest BCUT2D eigenvalue weighted by Crippen LogP contribution is -2.42. The SMILES string of the molecule is CC(CN)CC(=O)NCCN(C(C)C)C(C)C. The first-order chi connectivity index (χ1) is 7.88. The first-order valence-corrected chi connectivity index (χ1v) is 6.61. The van der Waals surface area contributed by atoms with Crippen LogP contribution in [0.3, 0.4) is 0 Å². The van der Waals surface area contributed by atoms with Crippen LogP contribution < -0.4 is 11.1 Å². The Bertz CT molecular complexity index is 209. The molecule has 0 aliphatic carbocycles. The summed E-state index contributed by atoms with van der Waals surface area (Å²) in [6.07, 6.45) is 0.528. The molecule has 0 fully saturated rings. The van der Waals surface area contributed by atoms with Crippen molar-refractivity contribution in [3.05, 3.63) is 0 Å². The second-order valence-electron chi connectivity index (χ2n) is 5.32. The van der Waals surface area contributed by atoms with Crippen molar-refractivity contribution in [2.75, 3.05) is 19.6 Å². The van der Waals surface area contributed by atoms with Crippen LogP contribution in [-0.4, -0.2) is 42.5 Å². The zero-order valence-corrected chi connectivity index (χ0v) is 12.0. The molecular formula is C13H29N3O. The van der Waals surface area contributed by atoms with Crippen molar-refractivity contribution in [1.82, 2.24) is 10.2 Å². The van der Waals surface area contributed by atoms with Crippen LogP contribution >= 0.6 is 0 Å². The van der Waals surface area contributed by atoms with E-state index in [0.29, 0.717) is 31.6 Å². The first-order valence-electron chi connectivity index (χ1n) is 6.61. The van der Waals surface area contributed by atoms with Crippen molar-refractivity contribution in [1.29, 1.82) is 0 Å². The maximum absolute atomic E-state index is 11.5. The maximum Gasteiger partial charge on any atom is 0.220 e. The molecule has 4 heteroatoms. The van der Waals surface area contributed by atoms with Crippen molar-refractivity contribution >= 4 is 5.91 Å². The summed E-state index contributed by atoms with van der Waals surface area (Å²) in [7, 11) is 0. The zero-order chi connectivity index (χ0) is 13.4. The number of amides is 1. The molecule has 0 saturated carbocycles. The van der Waals surface area contributed by atoms with Crippen LogP contribution in [0.4, 0.5) is 0 Å². The number of nitrogens with zero attached hydrogens (tertiary/aromatic N) is 1. The van der Waals surface area contributed by atoms with E-state index < -0.39 is 0 Å². The fourth-order valence-corrected chi connectivity index (χ4v) is 1.91. The van der Waals surface area contributed by atoms with Crippen LogP contribution in [0.15, 0.2) is 0 Å². The van der Waals surface area contributed by atoms with Gasteiger partial charge in [-0.05, 0) is 40.2 Å². The van der Waals surface area contributed by atoms with Gasteiger partial charge in [-0.2, -0.15) is 0 Å². The van der Waals surface area contributed by atoms with Crippen molar-refractivity contribution in [3.8, 4) is 0 Å². The van der Waals surface area contributed by atoms with E-state index in [-0.39, 0.29) is 11.8 Å². The topological polar surface area (TPSA) is 58.4 Å². The Labute approximate surface area is 106 Å². The third kappa shape index (κ3) is 7.34. The van der Waals surface area contributed by atoms with Crippen LogP contribution in [0.25, 0.3) is 0 Å². The third-order valence-corrected chi connectivity index (χ3v) is 2.95. The number of hydrogen-bond acceptors (Lipinski definition) is 3. The second-order valence-corrected chi connectivity index (χ2v) is 5.32. The molecule has 3 N–H and O–H groups in total. The van der Waals surface area contributed by atoms with Crippen molar-refractivity contribution in [3.63, 3.8) is 0 Å². The van der Waals surface area contributed by atoms with E-state index in [1.54, 1.807) is 0 Å². The summed E-state index contributed by atoms with van der Waals surface area (Å²) in [6.45, 7) is 12.9. The van der Waals surface area contributed by atoms with Crippen LogP contribution in [0.2, 0.25) is 0 Å². The van der Waals surface area contributed by atoms with E-state index in [4.69, 9.17) is 5.73 Å². The number of rotatable bonds is 8. The van der Waals surface area contributed by atoms with Crippen LogP contribution in [-0.2, 0) is 4.79 Å². The molecule has 1 atom stereocenters. The highest BCUT2D eigenvalue weighted by Crippen LogP contribution is 2.03. The van der Waals surface area contributed by atoms with Gasteiger partial charge < -0.3 is 11.1 Å². The molecule has 4 nitrogen and oxygen atoms in total. The van der Waals surface area contributed by atoms with Gasteiger partial charge in [0.05, 0.1) is 0 Å². The lowest BCUT2D eigenvalue weighted by atomic mass is 10.1. The summed E-state index contributed by atoms with van der Waals surface area (Å²) in [5.74, 6) is 0.372. The average Bonchev–Trinajstić information content (AvgIpc) is 2.22. The fourth-order valence-electron chi connectivity index (χ4n) is 1.91. The lowest BCUT2D eigenvalue weighted by Gasteiger charge is -2.30. The second kappa shape index (κ2) is 8.48. The quantitative estimate of drug-likeness (QED) is 0.673. The van der Waals surface area contributed by atoms with E-state index in [1.165, 1.54) is 0 Å². The molecule has 0 radical (unpaired) electrons. The molecule has 0 spiro atoms. The molecule has 0 aliphatic heterocycles. The molecule has 1 amide bonds. The smallest absolute Gasteiger partial charge is 0.220 e. The minimum absolute atomic E-state index is 0.107. The lowest BCUT2D eigenvalue weighted by molar-refractivity contribution is -0.121. The summed E-state index contributed by atoms with van der Waals surface area (Å²) in [4.78, 5) is 13.9. The van der Waals surface area contributed by atoms with Gasteiger partial charge in [0.1, 0.15) is 0 Å². The largest absolute Gasteiger partial charge is 0.355 e. The fraction of sp³-hybridized carbons (Fsp3) is 0.923. The highest BCUT2D eigenvalue weighted by molar-refractivity contribution is 5.76. The Balaban J connectivity index is 3.85. The van der Waals surface area contributed by atoms with Gasteiger partial charge >= 0.3 is 0 Å². The molecule has 0 saturated heterocycles. The minimum atomic E-state index is 0.107. The molecule has 17 heavy (non-hydrogen) atoms. The van der Waals surface area contributed by atoms with E-state index in [2.05, 4.69) is 37.9 Å². The number of nitrogens with one attached hydrogen (secondary N) is 1. The summed E-state index contributed by atoms with van der Waals surface area (Å²) in [6, 6.07) is 1.02. The van der Waals surface area contributed by atoms with Gasteiger partial charge in [0.25, 0.3) is 0 Å². The number of carbonyl (C=O) groups excluding carboxylic acids is 1. The number of nitrogens with two attached hydrogens (primary N) is 1. The molecular weight excluding hydrogens is 214 g/mol. The highest BCUT2D eigenvalue weighted by Gasteiger charge is 2.13. The van der Waals surface area contributed by atoms with Gasteiger partial charge in [-0.1, -0.05) is 6.92 Å². The van der Waals surface area contributed by atoms with Crippen molar-refractivity contribution in [2.45, 2.75) is 53.1 Å². The van der Waals surface area contributed by atoms with Gasteiger partial charge in [-0.15, -0.1) is 0 Å². The van der Waals surface area contributed by atoms with Crippen molar-refractivity contribution < 1.29 is 4.79 Å². The molecule has 0 aliphatic rings. The van der Waals surface area contributed by atoms with Crippen molar-refractivity contribution in [2.24, 2.45) is 11.7 Å². The van der Waals surface area contributed by atoms with Gasteiger partial charge in [0, 0.05) is 31.6 Å². The molecule has 0 bridgehead atoms. The average molecular weight is 243 g/mol. The Kier molecular flexibility index (Phi) is 8.17. The van der Waals surface area contributed by atoms with Gasteiger partial charge in [0.2, 0.25) is 5.91 Å². The Morgan fingerprint density at radius 2 is 1.71 bits per heavy atom. The molecule has 0 rings (SSSR count). The predicted octanol–water partition coefficient (Wildman–Crippen LogP) is 1.21. The molecule has 1 unspecified atom stereocenters. The van der Waals surface area contributed by atoms with E-state index in [9.17, 15) is 4.79 Å². The van der Waals surface area contributed by atoms with Gasteiger partial charge in [0.15, 0.2) is 0 Å². The van der Waals surface area contributed by atoms with Crippen LogP contribution in [0, 0.1) is 5.92 Å². The van der Waals surface area contributed by atoms with Gasteiger partial charge in [-0.3, -0.25) is 9.69 Å². The Hall–Kier alpha value is -0.610. The summed E-state index contributed by atoms with van der Waals surface area (Å²) >= 11 is 0. The summed E-state index contributed by atoms with van der Waals surface area (Å²) in [5, 5.41) is 2.95. The Morgan fingerprint density at radius 3 is 2.12 bits per heavy atom. The number of carbonyl (C=O) groups is 1. The summed E-state index contributed by atoms with van der Waals surface area (Å²) < 4.78 is 0. The Morgan fingerprint density at radius 1 is 1.18 bits per heavy atom. The summed E-state index contributed by atoms with van der Waals surface area (Å²) in [5.41, 5.74) is 5.49.